The van der Waals surface area contributed by atoms with Crippen molar-refractivity contribution in [1.82, 2.24) is 5.06 Å². The van der Waals surface area contributed by atoms with Crippen LogP contribution in [0.1, 0.15) is 12.8 Å². The second-order valence-electron chi connectivity index (χ2n) is 32.6. The van der Waals surface area contributed by atoms with E-state index in [1.54, 1.807) is 28.4 Å². The van der Waals surface area contributed by atoms with Gasteiger partial charge < -0.3 is 273 Å². The Labute approximate surface area is 745 Å². The van der Waals surface area contributed by atoms with E-state index in [9.17, 15) is 189 Å². The van der Waals surface area contributed by atoms with Gasteiger partial charge in [0.05, 0.1) is 78.3 Å². The summed E-state index contributed by atoms with van der Waals surface area (Å²) in [4.78, 5) is 27.9. The van der Waals surface area contributed by atoms with Gasteiger partial charge in [-0.3, -0.25) is 0 Å². The molecule has 0 saturated carbocycles. The molecule has 10 rings (SSSR count). The molecule has 0 aromatic carbocycles. The molecular weight excluding hydrogens is 1870 g/mol. The molecule has 764 valence electrons. The molecule has 60 nitrogen and oxygen atoms in total. The van der Waals surface area contributed by atoms with Crippen molar-refractivity contribution in [2.75, 3.05) is 73.1 Å². The van der Waals surface area contributed by atoms with E-state index in [-0.39, 0.29) is 5.06 Å². The Morgan fingerprint density at radius 1 is 0.389 bits per heavy atom. The second-order valence-corrected chi connectivity index (χ2v) is 33.6. The zero-order chi connectivity index (χ0) is 97.1. The molecule has 3 unspecified atom stereocenters. The summed E-state index contributed by atoms with van der Waals surface area (Å²) in [6.07, 6.45) is -119. The van der Waals surface area contributed by atoms with Crippen LogP contribution in [0.2, 0.25) is 0 Å². The summed E-state index contributed by atoms with van der Waals surface area (Å²) in [5, 5.41) is 389. The van der Waals surface area contributed by atoms with Gasteiger partial charge in [-0.25, -0.2) is 13.9 Å². The van der Waals surface area contributed by atoms with E-state index >= 15 is 0 Å². The molecule has 10 aliphatic heterocycles. The predicted octanol–water partition coefficient (Wildman–Crippen LogP) is -22.3. The number of hydrogen-bond acceptors (Lipinski definition) is 57. The van der Waals surface area contributed by atoms with Gasteiger partial charge in [0, 0.05) is 38.8 Å². The van der Waals surface area contributed by atoms with Crippen LogP contribution < -0.4 is 0 Å². The number of carboxylic acids is 2. The molecular formula is C68H119NO59P3+. The number of hydroxylamine groups is 2. The van der Waals surface area contributed by atoms with Crippen LogP contribution in [0.25, 0.3) is 0 Å². The van der Waals surface area contributed by atoms with E-state index < -0.39 is 415 Å². The van der Waals surface area contributed by atoms with Crippen molar-refractivity contribution in [3.8, 4) is 0 Å². The molecule has 56 atom stereocenters. The number of nitrogens with zero attached hydrogens (tertiary/aromatic N) is 1. The van der Waals surface area contributed by atoms with Gasteiger partial charge in [-0.05, 0) is 0 Å². The van der Waals surface area contributed by atoms with Crippen molar-refractivity contribution >= 4 is 40.3 Å². The first-order valence-corrected chi connectivity index (χ1v) is 41.9. The van der Waals surface area contributed by atoms with E-state index in [4.69, 9.17) is 99.0 Å². The summed E-state index contributed by atoms with van der Waals surface area (Å²) in [6, 6.07) is -1.79. The fourth-order valence-electron chi connectivity index (χ4n) is 16.7. The minimum absolute atomic E-state index is 0.265. The van der Waals surface area contributed by atoms with Crippen molar-refractivity contribution in [2.24, 2.45) is 0 Å². The highest BCUT2D eigenvalue weighted by Crippen LogP contribution is 2.46. The number of aliphatic hydroxyl groups is 31. The number of aliphatic carboxylic acids is 2. The molecule has 0 amide bonds. The Morgan fingerprint density at radius 2 is 0.794 bits per heavy atom. The fourth-order valence-corrected chi connectivity index (χ4v) is 17.7. The van der Waals surface area contributed by atoms with E-state index in [0.29, 0.717) is 0 Å². The average molecular weight is 1990 g/mol. The number of carboxylic acid groups (broad SMARTS) is 2. The smallest absolute Gasteiger partial charge is 0.364 e. The lowest BCUT2D eigenvalue weighted by molar-refractivity contribution is -0.424. The number of aliphatic hydroxyl groups excluding tert-OH is 31. The third-order valence-electron chi connectivity index (χ3n) is 24.0. The first-order chi connectivity index (χ1) is 61.7. The molecule has 131 heavy (non-hydrogen) atoms. The fraction of sp³-hybridized carbons (Fsp3) is 0.971. The zero-order valence-electron chi connectivity index (χ0n) is 68.6. The standard InChI is InChI=1S/C68H118NO59P3/c1-69(105)26-32(88)56(128(106)131)25(110-57(26)100)13-109-67(65(101)102)3-20(123-68(66(103)104)2-14(77)27(83)45(124-68)16(79)5-71)49(48(125-67)18(81)7-73)118-62-42(98)51(54(126-129)46(116-62)17(80)6-72)121-63-43(99)52(55(127-130)47(117-63)19(82)11-107-59-39(95)35(91)37(93)44(115-59)15(78)4-70)120-61-41(97)50(31(87)24(114-61)12-108-58-38(94)33(89)28(84)21(8-74)111-58)119-64-53(36(92)30(86)23(10-76)113-64)122-60-40(96)34(90)29(85)22(9-75)112-60/h14-64,70-100,105-106H,2-13,129-131H2,1H3,(H-,101,102,103,104)/p+1/t14-,15-,16-,17+,18-,19-,20-,21-,22-,23-,24-,25-,26+,27-,28+,29-,30-,31-,32+,33+,34+,35+,36+,37+,38-,39+,40-,41-,42+,43+,44-,45-,46-,47-,48-,49-,50+,51-,52-,53-,54-,55-,56-,57-,58+,59+,60-,61-,62-,63-,64-,67-,68-/m1/s1. The van der Waals surface area contributed by atoms with Gasteiger partial charge in [-0.1, -0.05) is 0 Å². The molecule has 0 radical (unpaired) electrons. The van der Waals surface area contributed by atoms with E-state index in [1.807, 2.05) is 0 Å². The maximum absolute atomic E-state index is 14.1. The number of likely N-dealkylation sites (N-methyl/N-ethyl adjacent to an activating group) is 1. The highest BCUT2D eigenvalue weighted by Gasteiger charge is 2.67. The summed E-state index contributed by atoms with van der Waals surface area (Å²) in [6.45, 7) is -12.6. The minimum atomic E-state index is -3.58. The summed E-state index contributed by atoms with van der Waals surface area (Å²) in [7, 11) is 5.91. The third kappa shape index (κ3) is 23.7. The third-order valence-corrected chi connectivity index (χ3v) is 25.0. The average Bonchev–Trinajstić information content (AvgIpc) is 0.744. The molecule has 0 aliphatic carbocycles. The van der Waals surface area contributed by atoms with Gasteiger partial charge >= 0.3 is 11.9 Å². The predicted molar refractivity (Wildman–Crippen MR) is 406 cm³/mol. The Morgan fingerprint density at radius 3 is 1.30 bits per heavy atom. The highest BCUT2D eigenvalue weighted by atomic mass is 31.0. The van der Waals surface area contributed by atoms with Crippen LogP contribution in [-0.2, 0) is 113 Å². The van der Waals surface area contributed by atoms with E-state index in [2.05, 4.69) is 0 Å². The molecule has 10 aliphatic rings. The van der Waals surface area contributed by atoms with Gasteiger partial charge in [0.25, 0.3) is 17.7 Å². The highest BCUT2D eigenvalue weighted by molar-refractivity contribution is 7.10. The molecule has 0 bridgehead atoms. The van der Waals surface area contributed by atoms with Crippen molar-refractivity contribution < 1.29 is 292 Å². The Bertz CT molecular complexity index is 3490. The van der Waals surface area contributed by atoms with E-state index in [0.717, 1.165) is 7.05 Å². The first-order valence-electron chi connectivity index (χ1n) is 40.5. The van der Waals surface area contributed by atoms with Crippen LogP contribution in [-0.4, -0.2) is 593 Å². The first kappa shape index (κ1) is 111. The largest absolute Gasteiger partial charge is 0.477 e. The number of hydrogen-bond donors (Lipinski definition) is 35. The number of carbonyl (C=O) groups is 2. The zero-order valence-corrected chi connectivity index (χ0v) is 72.0. The van der Waals surface area contributed by atoms with Crippen LogP contribution in [0.4, 0.5) is 0 Å². The van der Waals surface area contributed by atoms with E-state index in [1.165, 1.54) is 4.30 Å². The lowest BCUT2D eigenvalue weighted by Gasteiger charge is -2.53. The maximum Gasteiger partial charge on any atom is 0.364 e. The Kier molecular flexibility index (Phi) is 40.4. The number of ether oxygens (including phenoxy) is 19. The van der Waals surface area contributed by atoms with Gasteiger partial charge in [-0.2, -0.15) is 5.06 Å². The molecule has 63 heteroatoms. The van der Waals surface area contributed by atoms with Gasteiger partial charge in [-0.15, -0.1) is 5.26 Å². The lowest BCUT2D eigenvalue weighted by Crippen LogP contribution is -2.71. The normalized spacial score (nSPS) is 48.6. The molecule has 35 N–H and O–H groups in total. The Balaban J connectivity index is 1.06. The SMILES string of the molecule is CN(O)[C@H]1[C@H](O)[C@H]([O+](O)P)[C@@H](CO[C@]2(C(=O)O)C[C@@H](O[C@]3(C(=O)O)C[C@@H](O)[C@@H](O)[C@@H]([C@H](O)CO)O3)[C@@H](O[C@H]3O[C@H]([C@@H](O)CO)[C@@H](OP)[C@H](O[C@H]4O[C@H]([C@H](O)CO[C@H]5O[C@H]([C@H](O)CO)[C@@H](O)[C@H](O)[C@@H]5O)[C@@H](OP)[C@H](O[C@H]5O[C@H](CO[C@H]6O[C@H](CO)[C@H](O)[C@H](O)[C@H]6O)[C@@H](O)[C@H](O[C@H]6O[C@H](CO)[C@@H](O)[C@H](O)[C@H]6O[C@H]6O[C@H](CO)[C@@H](O)[C@H](O)[C@H]6O)[C@H]5O)[C@@H]4O)[C@@H]3O)[C@@H]([C@H](O)CO)O2)O[C@H]1O. The van der Waals surface area contributed by atoms with Crippen LogP contribution in [0.5, 0.6) is 0 Å². The van der Waals surface area contributed by atoms with Gasteiger partial charge in [0.15, 0.2) is 62.5 Å². The summed E-state index contributed by atoms with van der Waals surface area (Å²) >= 11 is 0. The van der Waals surface area contributed by atoms with Crippen LogP contribution in [0.3, 0.4) is 0 Å². The molecule has 0 aromatic rings. The summed E-state index contributed by atoms with van der Waals surface area (Å²) < 4.78 is 125. The molecule has 10 saturated heterocycles. The molecule has 10 heterocycles. The maximum atomic E-state index is 14.1. The molecule has 0 spiro atoms. The monoisotopic (exact) mass is 1990 g/mol. The minimum Gasteiger partial charge on any atom is -0.477 e. The van der Waals surface area contributed by atoms with Crippen molar-refractivity contribution in [3.05, 3.63) is 0 Å². The quantitative estimate of drug-likeness (QED) is 0.0118. The molecule has 10 fully saturated rings. The van der Waals surface area contributed by atoms with Crippen LogP contribution in [0, 0.1) is 0 Å². The molecule has 0 aromatic heterocycles. The van der Waals surface area contributed by atoms with Crippen molar-refractivity contribution in [3.63, 3.8) is 0 Å². The topological polar surface area (TPSA) is 942 Å². The second kappa shape index (κ2) is 47.7. The summed E-state index contributed by atoms with van der Waals surface area (Å²) in [5.74, 6) is -11.8. The number of rotatable bonds is 39. The van der Waals surface area contributed by atoms with Crippen LogP contribution in [0.15, 0.2) is 0 Å². The lowest BCUT2D eigenvalue weighted by atomic mass is 9.89. The van der Waals surface area contributed by atoms with Crippen molar-refractivity contribution in [2.45, 2.75) is 337 Å². The Hall–Kier alpha value is -2.01. The summed E-state index contributed by atoms with van der Waals surface area (Å²) in [5.41, 5.74) is 0. The van der Waals surface area contributed by atoms with Gasteiger partial charge in [0.1, 0.15) is 232 Å². The van der Waals surface area contributed by atoms with Gasteiger partial charge in [0.2, 0.25) is 9.47 Å². The van der Waals surface area contributed by atoms with Crippen molar-refractivity contribution in [1.29, 1.82) is 0 Å². The van der Waals surface area contributed by atoms with Crippen LogP contribution >= 0.6 is 28.4 Å².